The van der Waals surface area contributed by atoms with E-state index in [1.807, 2.05) is 26.0 Å². The first-order chi connectivity index (χ1) is 28.9. The van der Waals surface area contributed by atoms with Crippen molar-refractivity contribution in [3.05, 3.63) is 47.6 Å². The van der Waals surface area contributed by atoms with Gasteiger partial charge in [-0.25, -0.2) is 0 Å². The third kappa shape index (κ3) is 9.32. The molecule has 1 aromatic rings. The maximum Gasteiger partial charge on any atom is 0.306 e. The van der Waals surface area contributed by atoms with E-state index in [9.17, 15) is 4.79 Å². The lowest BCUT2D eigenvalue weighted by molar-refractivity contribution is -0.314. The molecule has 3 aliphatic heterocycles. The summed E-state index contributed by atoms with van der Waals surface area (Å²) in [4.78, 5) is 31.4. The summed E-state index contributed by atoms with van der Waals surface area (Å²) < 4.78 is 55.9. The highest BCUT2D eigenvalue weighted by Gasteiger charge is 2.54. The van der Waals surface area contributed by atoms with E-state index < -0.39 is 18.3 Å². The van der Waals surface area contributed by atoms with E-state index in [0.29, 0.717) is 12.5 Å². The normalized spacial score (nSPS) is 41.3. The second kappa shape index (κ2) is 19.8. The third-order valence-corrected chi connectivity index (χ3v) is 14.8. The van der Waals surface area contributed by atoms with Crippen LogP contribution in [0.4, 0.5) is 0 Å². The van der Waals surface area contributed by atoms with E-state index in [4.69, 9.17) is 42.6 Å². The highest BCUT2D eigenvalue weighted by atomic mass is 16.7. The van der Waals surface area contributed by atoms with Crippen LogP contribution in [0.15, 0.2) is 42.0 Å². The van der Waals surface area contributed by atoms with Gasteiger partial charge in [0.25, 0.3) is 0 Å². The number of ketones is 1. The first kappa shape index (κ1) is 45.3. The van der Waals surface area contributed by atoms with E-state index in [1.165, 1.54) is 0 Å². The number of carbonyl (C=O) groups is 2. The van der Waals surface area contributed by atoms with Crippen LogP contribution in [0.2, 0.25) is 0 Å². The van der Waals surface area contributed by atoms with Crippen molar-refractivity contribution in [2.75, 3.05) is 42.5 Å². The minimum absolute atomic E-state index is 0.000583. The van der Waals surface area contributed by atoms with Gasteiger partial charge in [-0.2, -0.15) is 0 Å². The molecule has 12 heteroatoms. The number of hydrogen-bond donors (Lipinski definition) is 0. The van der Waals surface area contributed by atoms with Gasteiger partial charge < -0.3 is 47.5 Å². The van der Waals surface area contributed by atoms with Crippen molar-refractivity contribution in [2.24, 2.45) is 35.5 Å². The lowest BCUT2D eigenvalue weighted by Crippen LogP contribution is -2.59. The van der Waals surface area contributed by atoms with Gasteiger partial charge in [0.2, 0.25) is 0 Å². The number of cyclic esters (lactones) is 1. The first-order valence-corrected chi connectivity index (χ1v) is 22.6. The molecule has 0 spiro atoms. The molecule has 12 nitrogen and oxygen atoms in total. The molecule has 4 fully saturated rings. The summed E-state index contributed by atoms with van der Waals surface area (Å²) in [6, 6.07) is 8.48. The number of Topliss-reactive ketones (excluding diaryl/α,β-unsaturated/α-hetero) is 1. The zero-order valence-electron chi connectivity index (χ0n) is 37.6. The predicted molar refractivity (Wildman–Crippen MR) is 226 cm³/mol. The van der Waals surface area contributed by atoms with Crippen LogP contribution in [-0.2, 0) is 47.5 Å². The number of ether oxygens (including phenoxy) is 9. The zero-order chi connectivity index (χ0) is 42.8. The molecule has 334 valence electrons. The average Bonchev–Trinajstić information content (AvgIpc) is 3.82. The minimum Gasteiger partial charge on any atom is -0.497 e. The molecule has 0 radical (unpaired) electrons. The van der Waals surface area contributed by atoms with Crippen LogP contribution in [0.25, 0.3) is 5.57 Å². The monoisotopic (exact) mass is 838 g/mol. The van der Waals surface area contributed by atoms with Gasteiger partial charge in [-0.3, -0.25) is 9.59 Å². The van der Waals surface area contributed by atoms with Crippen molar-refractivity contribution in [3.8, 4) is 5.75 Å². The first-order valence-electron chi connectivity index (χ1n) is 22.6. The van der Waals surface area contributed by atoms with Gasteiger partial charge in [0.15, 0.2) is 18.4 Å². The summed E-state index contributed by atoms with van der Waals surface area (Å²) >= 11 is 0. The van der Waals surface area contributed by atoms with Crippen molar-refractivity contribution in [1.82, 2.24) is 4.90 Å². The van der Waals surface area contributed by atoms with E-state index >= 15 is 4.79 Å². The molecule has 0 bridgehead atoms. The van der Waals surface area contributed by atoms with Gasteiger partial charge in [-0.1, -0.05) is 38.1 Å². The number of nitrogens with zero attached hydrogens (tertiary/aromatic N) is 1. The Kier molecular flexibility index (Phi) is 15.0. The molecule has 7 rings (SSSR count). The van der Waals surface area contributed by atoms with Gasteiger partial charge in [0.05, 0.1) is 37.9 Å². The zero-order valence-corrected chi connectivity index (χ0v) is 37.6. The van der Waals surface area contributed by atoms with Crippen LogP contribution >= 0.6 is 0 Å². The maximum absolute atomic E-state index is 15.2. The molecule has 0 aromatic heterocycles. The third-order valence-electron chi connectivity index (χ3n) is 14.8. The van der Waals surface area contributed by atoms with Crippen molar-refractivity contribution in [3.63, 3.8) is 0 Å². The molecular formula is C48H71NO11. The lowest BCUT2D eigenvalue weighted by Gasteiger charge is -2.44. The van der Waals surface area contributed by atoms with Gasteiger partial charge in [-0.15, -0.1) is 0 Å². The van der Waals surface area contributed by atoms with Crippen LogP contribution in [0.3, 0.4) is 0 Å². The van der Waals surface area contributed by atoms with Crippen LogP contribution in [-0.4, -0.2) is 127 Å². The Morgan fingerprint density at radius 3 is 2.17 bits per heavy atom. The number of esters is 1. The lowest BCUT2D eigenvalue weighted by atomic mass is 9.65. The molecule has 0 N–H and O–H groups in total. The fourth-order valence-corrected chi connectivity index (χ4v) is 11.6. The highest BCUT2D eigenvalue weighted by molar-refractivity contribution is 5.99. The molecule has 6 aliphatic rings. The van der Waals surface area contributed by atoms with Crippen LogP contribution < -0.4 is 4.74 Å². The second-order valence-corrected chi connectivity index (χ2v) is 18.4. The van der Waals surface area contributed by atoms with Gasteiger partial charge >= 0.3 is 5.97 Å². The Bertz CT molecular complexity index is 1680. The van der Waals surface area contributed by atoms with Crippen molar-refractivity contribution in [2.45, 2.75) is 153 Å². The second-order valence-electron chi connectivity index (χ2n) is 18.4. The predicted octanol–water partition coefficient (Wildman–Crippen LogP) is 7.02. The smallest absolute Gasteiger partial charge is 0.306 e. The topological polar surface area (TPSA) is 120 Å². The van der Waals surface area contributed by atoms with Crippen LogP contribution in [0.5, 0.6) is 5.75 Å². The van der Waals surface area contributed by atoms with Crippen molar-refractivity contribution in [1.29, 1.82) is 0 Å². The van der Waals surface area contributed by atoms with E-state index in [1.54, 1.807) is 28.4 Å². The number of hydrogen-bond acceptors (Lipinski definition) is 12. The van der Waals surface area contributed by atoms with Crippen LogP contribution in [0.1, 0.15) is 91.0 Å². The molecule has 8 unspecified atom stereocenters. The summed E-state index contributed by atoms with van der Waals surface area (Å²) in [6.45, 7) is 8.17. The summed E-state index contributed by atoms with van der Waals surface area (Å²) in [5.74, 6) is 0.0476. The van der Waals surface area contributed by atoms with E-state index in [-0.39, 0.29) is 96.8 Å². The molecule has 1 saturated carbocycles. The summed E-state index contributed by atoms with van der Waals surface area (Å²) in [7, 11) is 10.8. The standard InChI is InChI=1S/C48H71NO11/c1-11-31-13-12-14-40(60-42-20-19-39(49(5)6)27(3)56-42)26(2)44(51)38-24-36-34-23-33(59-48-47(55-10)46(54-9)45(53-8)28(4)57-48)21-30(34)22-35(29-15-17-32(52-7)18-16-29)43(36)37(38)25-41(50)58-31/h15-18,22,24,26-28,30-31,33-34,36-37,39-40,42-43,45-48H,11-14,19-21,23,25H2,1-10H3/t26-,27?,28?,30?,31+,33-,34-,36+,37-,39+,40+,42+,43?,45?,46?,47?,48?/m1/s1. The number of benzene rings is 1. The van der Waals surface area contributed by atoms with Gasteiger partial charge in [-0.05, 0) is 132 Å². The Balaban J connectivity index is 1.21. The van der Waals surface area contributed by atoms with Crippen LogP contribution in [0, 0.1) is 35.5 Å². The average molecular weight is 838 g/mol. The Hall–Kier alpha value is -2.68. The molecule has 3 aliphatic carbocycles. The number of carbonyl (C=O) groups excluding carboxylic acids is 2. The Labute approximate surface area is 357 Å². The molecule has 3 heterocycles. The molecule has 1 aromatic carbocycles. The number of methoxy groups -OCH3 is 4. The highest BCUT2D eigenvalue weighted by Crippen LogP contribution is 2.58. The Morgan fingerprint density at radius 1 is 0.783 bits per heavy atom. The fraction of sp³-hybridized carbons (Fsp3) is 0.750. The van der Waals surface area contributed by atoms with Crippen molar-refractivity contribution >= 4 is 17.3 Å². The number of likely N-dealkylation sites (N-methyl/N-ethyl adjacent to an activating group) is 1. The molecule has 60 heavy (non-hydrogen) atoms. The van der Waals surface area contributed by atoms with Gasteiger partial charge in [0.1, 0.15) is 30.2 Å². The maximum atomic E-state index is 15.2. The minimum atomic E-state index is -0.644. The number of fused-ring (bicyclic) bond motifs is 5. The Morgan fingerprint density at radius 2 is 1.52 bits per heavy atom. The van der Waals surface area contributed by atoms with Gasteiger partial charge in [0, 0.05) is 39.2 Å². The molecule has 17 atom stereocenters. The fourth-order valence-electron chi connectivity index (χ4n) is 11.6. The summed E-state index contributed by atoms with van der Waals surface area (Å²) in [5, 5.41) is 0. The molecule has 0 amide bonds. The van der Waals surface area contributed by atoms with E-state index in [0.717, 1.165) is 67.4 Å². The van der Waals surface area contributed by atoms with E-state index in [2.05, 4.69) is 57.1 Å². The summed E-state index contributed by atoms with van der Waals surface area (Å²) in [5.41, 5.74) is 2.94. The number of rotatable bonds is 11. The quantitative estimate of drug-likeness (QED) is 0.213. The molecule has 3 saturated heterocycles. The largest absolute Gasteiger partial charge is 0.497 e. The SMILES string of the molecule is CC[C@H]1CCC[C@H](O[C@H]2CC[C@H](N(C)C)C(C)O2)[C@@H](C)C(=O)C2=C[C@@H]3C(C(c4ccc(OC)cc4)=CC4C[C@@H](OC5OC(C)C(OC)C(OC)C5OC)C[C@H]43)[C@@H]2CC(=O)O1. The van der Waals surface area contributed by atoms with Crippen molar-refractivity contribution < 1.29 is 52.2 Å². The summed E-state index contributed by atoms with van der Waals surface area (Å²) in [6.07, 6.45) is 7.89. The number of allylic oxidation sites excluding steroid dienone is 4. The molecular weight excluding hydrogens is 767 g/mol.